The second kappa shape index (κ2) is 6.04. The van der Waals surface area contributed by atoms with Crippen LogP contribution in [0.3, 0.4) is 0 Å². The van der Waals surface area contributed by atoms with Crippen molar-refractivity contribution in [3.05, 3.63) is 11.8 Å². The van der Waals surface area contributed by atoms with Gasteiger partial charge in [-0.1, -0.05) is 27.7 Å². The third-order valence-electron chi connectivity index (χ3n) is 4.13. The van der Waals surface area contributed by atoms with E-state index in [1.54, 1.807) is 0 Å². The molecule has 0 unspecified atom stereocenters. The summed E-state index contributed by atoms with van der Waals surface area (Å²) in [5.41, 5.74) is 0.522. The molecule has 0 amide bonds. The molecule has 19 heavy (non-hydrogen) atoms. The zero-order chi connectivity index (χ0) is 13.9. The van der Waals surface area contributed by atoms with Crippen LogP contribution < -0.4 is 0 Å². The second-order valence-electron chi connectivity index (χ2n) is 6.63. The number of piperidine rings is 1. The van der Waals surface area contributed by atoms with Crippen molar-refractivity contribution in [1.29, 1.82) is 0 Å². The lowest BCUT2D eigenvalue weighted by Gasteiger charge is -2.40. The summed E-state index contributed by atoms with van der Waals surface area (Å²) in [6, 6.07) is 0. The van der Waals surface area contributed by atoms with Gasteiger partial charge in [0.2, 0.25) is 11.8 Å². The van der Waals surface area contributed by atoms with Crippen molar-refractivity contribution in [1.82, 2.24) is 15.1 Å². The summed E-state index contributed by atoms with van der Waals surface area (Å²) in [7, 11) is 0. The summed E-state index contributed by atoms with van der Waals surface area (Å²) in [5, 5.41) is 8.13. The quantitative estimate of drug-likeness (QED) is 0.819. The molecule has 4 nitrogen and oxygen atoms in total. The summed E-state index contributed by atoms with van der Waals surface area (Å²) in [4.78, 5) is 2.44. The Bertz CT molecular complexity index is 392. The van der Waals surface area contributed by atoms with Gasteiger partial charge in [0, 0.05) is 6.42 Å². The van der Waals surface area contributed by atoms with Gasteiger partial charge < -0.3 is 4.42 Å². The lowest BCUT2D eigenvalue weighted by Crippen LogP contribution is -2.38. The van der Waals surface area contributed by atoms with Crippen molar-refractivity contribution < 1.29 is 4.42 Å². The van der Waals surface area contributed by atoms with Gasteiger partial charge in [-0.15, -0.1) is 10.2 Å². The van der Waals surface area contributed by atoms with Gasteiger partial charge in [0.15, 0.2) is 0 Å². The maximum Gasteiger partial charge on any atom is 0.230 e. The van der Waals surface area contributed by atoms with E-state index in [1.165, 1.54) is 19.3 Å². The Morgan fingerprint density at radius 1 is 1.21 bits per heavy atom. The SMILES string of the molecule is CCc1nnc(CN2CCC(C)(CC(C)C)CC2)o1. The minimum Gasteiger partial charge on any atom is -0.424 e. The maximum atomic E-state index is 5.59. The van der Waals surface area contributed by atoms with Crippen LogP contribution in [0.4, 0.5) is 0 Å². The maximum absolute atomic E-state index is 5.59. The second-order valence-corrected chi connectivity index (χ2v) is 6.63. The van der Waals surface area contributed by atoms with Crippen LogP contribution in [0.5, 0.6) is 0 Å². The highest BCUT2D eigenvalue weighted by Crippen LogP contribution is 2.37. The topological polar surface area (TPSA) is 42.2 Å². The summed E-state index contributed by atoms with van der Waals surface area (Å²) < 4.78 is 5.59. The fraction of sp³-hybridized carbons (Fsp3) is 0.867. The molecule has 4 heteroatoms. The van der Waals surface area contributed by atoms with E-state index in [-0.39, 0.29) is 0 Å². The van der Waals surface area contributed by atoms with E-state index < -0.39 is 0 Å². The average Bonchev–Trinajstić information content (AvgIpc) is 2.79. The van der Waals surface area contributed by atoms with E-state index in [1.807, 2.05) is 6.92 Å². The molecule has 1 aliphatic rings. The van der Waals surface area contributed by atoms with Crippen LogP contribution >= 0.6 is 0 Å². The molecule has 1 fully saturated rings. The molecule has 0 radical (unpaired) electrons. The lowest BCUT2D eigenvalue weighted by molar-refractivity contribution is 0.0882. The van der Waals surface area contributed by atoms with Gasteiger partial charge in [-0.3, -0.25) is 4.90 Å². The molecule has 1 aliphatic heterocycles. The number of likely N-dealkylation sites (tertiary alicyclic amines) is 1. The molecule has 0 bridgehead atoms. The van der Waals surface area contributed by atoms with Gasteiger partial charge in [0.25, 0.3) is 0 Å². The van der Waals surface area contributed by atoms with Gasteiger partial charge >= 0.3 is 0 Å². The van der Waals surface area contributed by atoms with Gasteiger partial charge in [-0.2, -0.15) is 0 Å². The Hall–Kier alpha value is -0.900. The Kier molecular flexibility index (Phi) is 4.61. The summed E-state index contributed by atoms with van der Waals surface area (Å²) in [6.45, 7) is 12.2. The predicted octanol–water partition coefficient (Wildman–Crippen LogP) is 3.28. The van der Waals surface area contributed by atoms with Crippen molar-refractivity contribution in [2.45, 2.75) is 59.9 Å². The number of aryl methyl sites for hydroxylation is 1. The van der Waals surface area contributed by atoms with Crippen LogP contribution in [0.25, 0.3) is 0 Å². The molecule has 0 spiro atoms. The molecule has 0 saturated carbocycles. The summed E-state index contributed by atoms with van der Waals surface area (Å²) >= 11 is 0. The van der Waals surface area contributed by atoms with Crippen molar-refractivity contribution in [3.63, 3.8) is 0 Å². The highest BCUT2D eigenvalue weighted by Gasteiger charge is 2.31. The molecule has 0 atom stereocenters. The molecular weight excluding hydrogens is 238 g/mol. The van der Waals surface area contributed by atoms with Crippen molar-refractivity contribution in [2.24, 2.45) is 11.3 Å². The Morgan fingerprint density at radius 3 is 2.37 bits per heavy atom. The first-order chi connectivity index (χ1) is 9.00. The van der Waals surface area contributed by atoms with E-state index in [0.717, 1.165) is 43.8 Å². The number of rotatable bonds is 5. The molecule has 0 aromatic carbocycles. The zero-order valence-electron chi connectivity index (χ0n) is 12.8. The number of aromatic nitrogens is 2. The molecular formula is C15H27N3O. The van der Waals surface area contributed by atoms with Crippen molar-refractivity contribution in [2.75, 3.05) is 13.1 Å². The minimum absolute atomic E-state index is 0.522. The third kappa shape index (κ3) is 4.03. The van der Waals surface area contributed by atoms with Crippen LogP contribution in [0.15, 0.2) is 4.42 Å². The number of nitrogens with zero attached hydrogens (tertiary/aromatic N) is 3. The monoisotopic (exact) mass is 265 g/mol. The molecule has 108 valence electrons. The fourth-order valence-electron chi connectivity index (χ4n) is 3.13. The van der Waals surface area contributed by atoms with Gasteiger partial charge in [-0.25, -0.2) is 0 Å². The fourth-order valence-corrected chi connectivity index (χ4v) is 3.13. The third-order valence-corrected chi connectivity index (χ3v) is 4.13. The first-order valence-electron chi connectivity index (χ1n) is 7.54. The lowest BCUT2D eigenvalue weighted by atomic mass is 9.74. The first-order valence-corrected chi connectivity index (χ1v) is 7.54. The van der Waals surface area contributed by atoms with Crippen LogP contribution in [0.1, 0.15) is 58.7 Å². The van der Waals surface area contributed by atoms with E-state index in [2.05, 4.69) is 35.9 Å². The minimum atomic E-state index is 0.522. The first kappa shape index (κ1) is 14.5. The van der Waals surface area contributed by atoms with Gasteiger partial charge in [-0.05, 0) is 43.7 Å². The number of hydrogen-bond donors (Lipinski definition) is 0. The van der Waals surface area contributed by atoms with Crippen LogP contribution in [0.2, 0.25) is 0 Å². The predicted molar refractivity (Wildman–Crippen MR) is 75.7 cm³/mol. The molecule has 1 saturated heterocycles. The molecule has 0 aliphatic carbocycles. The Balaban J connectivity index is 1.83. The Labute approximate surface area is 116 Å². The zero-order valence-corrected chi connectivity index (χ0v) is 12.8. The van der Waals surface area contributed by atoms with Crippen LogP contribution in [-0.4, -0.2) is 28.2 Å². The summed E-state index contributed by atoms with van der Waals surface area (Å²) in [6.07, 6.45) is 4.71. The van der Waals surface area contributed by atoms with E-state index in [4.69, 9.17) is 4.42 Å². The molecule has 0 N–H and O–H groups in total. The molecule has 1 aromatic rings. The highest BCUT2D eigenvalue weighted by molar-refractivity contribution is 4.86. The van der Waals surface area contributed by atoms with E-state index >= 15 is 0 Å². The standard InChI is InChI=1S/C15H27N3O/c1-5-13-16-17-14(19-13)11-18-8-6-15(4,7-9-18)10-12(2)3/h12H,5-11H2,1-4H3. The summed E-state index contributed by atoms with van der Waals surface area (Å²) in [5.74, 6) is 2.31. The van der Waals surface area contributed by atoms with E-state index in [0.29, 0.717) is 5.41 Å². The van der Waals surface area contributed by atoms with Crippen LogP contribution in [0, 0.1) is 11.3 Å². The Morgan fingerprint density at radius 2 is 1.84 bits per heavy atom. The average molecular weight is 265 g/mol. The van der Waals surface area contributed by atoms with Crippen molar-refractivity contribution in [3.8, 4) is 0 Å². The van der Waals surface area contributed by atoms with Gasteiger partial charge in [0.05, 0.1) is 6.54 Å². The van der Waals surface area contributed by atoms with Gasteiger partial charge in [0.1, 0.15) is 0 Å². The van der Waals surface area contributed by atoms with Crippen molar-refractivity contribution >= 4 is 0 Å². The highest BCUT2D eigenvalue weighted by atomic mass is 16.4. The largest absolute Gasteiger partial charge is 0.424 e. The van der Waals surface area contributed by atoms with Crippen LogP contribution in [-0.2, 0) is 13.0 Å². The molecule has 1 aromatic heterocycles. The number of hydrogen-bond acceptors (Lipinski definition) is 4. The normalized spacial score (nSPS) is 20.1. The molecule has 2 rings (SSSR count). The van der Waals surface area contributed by atoms with E-state index in [9.17, 15) is 0 Å². The smallest absolute Gasteiger partial charge is 0.230 e. The molecule has 2 heterocycles.